The van der Waals surface area contributed by atoms with Gasteiger partial charge in [-0.05, 0) is 58.0 Å². The molecule has 3 unspecified atom stereocenters. The van der Waals surface area contributed by atoms with Gasteiger partial charge in [0.2, 0.25) is 0 Å². The molecular weight excluding hydrogens is 248 g/mol. The zero-order valence-corrected chi connectivity index (χ0v) is 13.6. The smallest absolute Gasteiger partial charge is 0.0701 e. The van der Waals surface area contributed by atoms with Crippen molar-refractivity contribution in [2.45, 2.75) is 70.4 Å². The molecule has 0 amide bonds. The number of ether oxygens (including phenoxy) is 1. The molecule has 2 fully saturated rings. The van der Waals surface area contributed by atoms with Crippen molar-refractivity contribution in [3.63, 3.8) is 0 Å². The summed E-state index contributed by atoms with van der Waals surface area (Å²) in [5.74, 6) is 0.837. The molecular formula is C17H34N2O. The van der Waals surface area contributed by atoms with Crippen LogP contribution in [0.5, 0.6) is 0 Å². The van der Waals surface area contributed by atoms with Crippen LogP contribution < -0.4 is 5.32 Å². The van der Waals surface area contributed by atoms with Crippen molar-refractivity contribution in [1.29, 1.82) is 0 Å². The third-order valence-electron chi connectivity index (χ3n) is 4.90. The summed E-state index contributed by atoms with van der Waals surface area (Å²) in [5, 5.41) is 3.77. The SMILES string of the molecule is CCCNC1CCCCC1CN(C)CC1CCCCO1. The highest BCUT2D eigenvalue weighted by molar-refractivity contribution is 4.83. The molecule has 2 aliphatic rings. The Bertz CT molecular complexity index is 253. The first-order valence-electron chi connectivity index (χ1n) is 8.83. The predicted molar refractivity (Wildman–Crippen MR) is 85.1 cm³/mol. The van der Waals surface area contributed by atoms with Crippen molar-refractivity contribution < 1.29 is 4.74 Å². The number of hydrogen-bond donors (Lipinski definition) is 1. The fourth-order valence-electron chi connectivity index (χ4n) is 3.80. The summed E-state index contributed by atoms with van der Waals surface area (Å²) in [5.41, 5.74) is 0. The number of likely N-dealkylation sites (N-methyl/N-ethyl adjacent to an activating group) is 1. The van der Waals surface area contributed by atoms with E-state index in [0.717, 1.165) is 25.1 Å². The van der Waals surface area contributed by atoms with Gasteiger partial charge in [-0.25, -0.2) is 0 Å². The Balaban J connectivity index is 1.73. The third kappa shape index (κ3) is 5.34. The summed E-state index contributed by atoms with van der Waals surface area (Å²) >= 11 is 0. The molecule has 0 aromatic carbocycles. The van der Waals surface area contributed by atoms with E-state index in [1.165, 1.54) is 64.5 Å². The van der Waals surface area contributed by atoms with Gasteiger partial charge in [0.15, 0.2) is 0 Å². The van der Waals surface area contributed by atoms with Crippen LogP contribution in [0.15, 0.2) is 0 Å². The van der Waals surface area contributed by atoms with Gasteiger partial charge in [-0.1, -0.05) is 19.8 Å². The largest absolute Gasteiger partial charge is 0.377 e. The lowest BCUT2D eigenvalue weighted by molar-refractivity contribution is -0.00512. The van der Waals surface area contributed by atoms with Crippen molar-refractivity contribution in [1.82, 2.24) is 10.2 Å². The van der Waals surface area contributed by atoms with Gasteiger partial charge in [0, 0.05) is 25.7 Å². The molecule has 0 aromatic rings. The van der Waals surface area contributed by atoms with Crippen LogP contribution in [0.1, 0.15) is 58.3 Å². The second kappa shape index (κ2) is 9.01. The van der Waals surface area contributed by atoms with Gasteiger partial charge < -0.3 is 15.0 Å². The summed E-state index contributed by atoms with van der Waals surface area (Å²) in [7, 11) is 2.28. The van der Waals surface area contributed by atoms with E-state index < -0.39 is 0 Å². The average molecular weight is 282 g/mol. The Morgan fingerprint density at radius 1 is 1.05 bits per heavy atom. The molecule has 0 radical (unpaired) electrons. The molecule has 20 heavy (non-hydrogen) atoms. The summed E-state index contributed by atoms with van der Waals surface area (Å²) in [6.45, 7) is 6.77. The van der Waals surface area contributed by atoms with Crippen LogP contribution in [0, 0.1) is 5.92 Å². The molecule has 1 heterocycles. The topological polar surface area (TPSA) is 24.5 Å². The molecule has 3 atom stereocenters. The Hall–Kier alpha value is -0.120. The minimum absolute atomic E-state index is 0.486. The number of nitrogens with zero attached hydrogens (tertiary/aromatic N) is 1. The maximum Gasteiger partial charge on any atom is 0.0701 e. The quantitative estimate of drug-likeness (QED) is 0.777. The van der Waals surface area contributed by atoms with Crippen LogP contribution in [-0.2, 0) is 4.74 Å². The Labute approximate surface area is 125 Å². The van der Waals surface area contributed by atoms with Gasteiger partial charge in [0.05, 0.1) is 6.10 Å². The maximum atomic E-state index is 5.87. The summed E-state index contributed by atoms with van der Waals surface area (Å²) < 4.78 is 5.87. The van der Waals surface area contributed by atoms with Crippen molar-refractivity contribution in [3.8, 4) is 0 Å². The van der Waals surface area contributed by atoms with Gasteiger partial charge >= 0.3 is 0 Å². The average Bonchev–Trinajstić information content (AvgIpc) is 2.47. The lowest BCUT2D eigenvalue weighted by atomic mass is 9.84. The molecule has 3 heteroatoms. The zero-order valence-electron chi connectivity index (χ0n) is 13.6. The van der Waals surface area contributed by atoms with Crippen LogP contribution in [0.25, 0.3) is 0 Å². The molecule has 3 nitrogen and oxygen atoms in total. The van der Waals surface area contributed by atoms with E-state index in [-0.39, 0.29) is 0 Å². The van der Waals surface area contributed by atoms with Gasteiger partial charge in [0.25, 0.3) is 0 Å². The van der Waals surface area contributed by atoms with Crippen LogP contribution in [0.3, 0.4) is 0 Å². The fraction of sp³-hybridized carbons (Fsp3) is 1.00. The summed E-state index contributed by atoms with van der Waals surface area (Å²) in [4.78, 5) is 2.52. The second-order valence-corrected chi connectivity index (χ2v) is 6.81. The van der Waals surface area contributed by atoms with E-state index in [1.54, 1.807) is 0 Å². The first kappa shape index (κ1) is 16.3. The molecule has 118 valence electrons. The Morgan fingerprint density at radius 2 is 1.85 bits per heavy atom. The molecule has 1 saturated carbocycles. The predicted octanol–water partition coefficient (Wildman–Crippen LogP) is 3.05. The molecule has 1 aliphatic carbocycles. The minimum atomic E-state index is 0.486. The molecule has 1 aliphatic heterocycles. The molecule has 1 N–H and O–H groups in total. The molecule has 2 rings (SSSR count). The van der Waals surface area contributed by atoms with Crippen LogP contribution in [0.4, 0.5) is 0 Å². The first-order valence-corrected chi connectivity index (χ1v) is 8.83. The molecule has 0 spiro atoms. The zero-order chi connectivity index (χ0) is 14.2. The highest BCUT2D eigenvalue weighted by Crippen LogP contribution is 2.25. The van der Waals surface area contributed by atoms with Crippen molar-refractivity contribution >= 4 is 0 Å². The molecule has 1 saturated heterocycles. The summed E-state index contributed by atoms with van der Waals surface area (Å²) in [6, 6.07) is 0.749. The molecule has 0 bridgehead atoms. The Kier molecular flexibility index (Phi) is 7.32. The van der Waals surface area contributed by atoms with Gasteiger partial charge in [-0.15, -0.1) is 0 Å². The monoisotopic (exact) mass is 282 g/mol. The van der Waals surface area contributed by atoms with Crippen LogP contribution >= 0.6 is 0 Å². The van der Waals surface area contributed by atoms with Gasteiger partial charge in [0.1, 0.15) is 0 Å². The van der Waals surface area contributed by atoms with Gasteiger partial charge in [-0.3, -0.25) is 0 Å². The lowest BCUT2D eigenvalue weighted by Gasteiger charge is -2.36. The number of rotatable bonds is 7. The first-order chi connectivity index (χ1) is 9.79. The van der Waals surface area contributed by atoms with Crippen molar-refractivity contribution in [2.24, 2.45) is 5.92 Å². The Morgan fingerprint density at radius 3 is 2.60 bits per heavy atom. The van der Waals surface area contributed by atoms with E-state index in [4.69, 9.17) is 4.74 Å². The van der Waals surface area contributed by atoms with Crippen molar-refractivity contribution in [2.75, 3.05) is 33.3 Å². The molecule has 0 aromatic heterocycles. The van der Waals surface area contributed by atoms with E-state index in [1.807, 2.05) is 0 Å². The lowest BCUT2D eigenvalue weighted by Crippen LogP contribution is -2.45. The summed E-state index contributed by atoms with van der Waals surface area (Å²) in [6.07, 6.45) is 11.2. The fourth-order valence-corrected chi connectivity index (χ4v) is 3.80. The van der Waals surface area contributed by atoms with E-state index in [0.29, 0.717) is 6.10 Å². The van der Waals surface area contributed by atoms with Gasteiger partial charge in [-0.2, -0.15) is 0 Å². The number of hydrogen-bond acceptors (Lipinski definition) is 3. The highest BCUT2D eigenvalue weighted by Gasteiger charge is 2.26. The van der Waals surface area contributed by atoms with E-state index in [9.17, 15) is 0 Å². The van der Waals surface area contributed by atoms with Crippen LogP contribution in [0.2, 0.25) is 0 Å². The standard InChI is InChI=1S/C17H34N2O/c1-3-11-18-17-10-5-4-8-15(17)13-19(2)14-16-9-6-7-12-20-16/h15-18H,3-14H2,1-2H3. The van der Waals surface area contributed by atoms with Crippen molar-refractivity contribution in [3.05, 3.63) is 0 Å². The maximum absolute atomic E-state index is 5.87. The normalized spacial score (nSPS) is 31.6. The van der Waals surface area contributed by atoms with E-state index in [2.05, 4.69) is 24.2 Å². The van der Waals surface area contributed by atoms with E-state index >= 15 is 0 Å². The number of nitrogens with one attached hydrogen (secondary N) is 1. The highest BCUT2D eigenvalue weighted by atomic mass is 16.5. The minimum Gasteiger partial charge on any atom is -0.377 e. The third-order valence-corrected chi connectivity index (χ3v) is 4.90. The van der Waals surface area contributed by atoms with Crippen LogP contribution in [-0.4, -0.2) is 50.3 Å². The second-order valence-electron chi connectivity index (χ2n) is 6.81.